The summed E-state index contributed by atoms with van der Waals surface area (Å²) in [4.78, 5) is 17.9. The van der Waals surface area contributed by atoms with Crippen molar-refractivity contribution in [3.05, 3.63) is 24.0 Å². The fourth-order valence-electron chi connectivity index (χ4n) is 1.48. The van der Waals surface area contributed by atoms with Gasteiger partial charge in [-0.3, -0.25) is 9.78 Å². The maximum absolute atomic E-state index is 12.3. The van der Waals surface area contributed by atoms with Crippen LogP contribution in [0.4, 0.5) is 5.69 Å². The molecular formula is C14H23N3O2. The number of hydrogen-bond acceptors (Lipinski definition) is 4. The van der Waals surface area contributed by atoms with E-state index >= 15 is 0 Å². The standard InChI is InChI=1S/C14H23N3O2/c1-5-7-15-11-6-8-16-12(9-11)13(19)17(4)14(2,3)10-18/h6,8-9,18H,5,7,10H2,1-4H3,(H,15,16). The molecule has 0 radical (unpaired) electrons. The van der Waals surface area contributed by atoms with Crippen LogP contribution < -0.4 is 5.32 Å². The van der Waals surface area contributed by atoms with Crippen LogP contribution in [-0.2, 0) is 0 Å². The van der Waals surface area contributed by atoms with Crippen LogP contribution in [0.3, 0.4) is 0 Å². The normalized spacial score (nSPS) is 11.2. The highest BCUT2D eigenvalue weighted by Crippen LogP contribution is 2.16. The van der Waals surface area contributed by atoms with E-state index in [0.29, 0.717) is 5.69 Å². The summed E-state index contributed by atoms with van der Waals surface area (Å²) < 4.78 is 0. The Bertz CT molecular complexity index is 432. The fraction of sp³-hybridized carbons (Fsp3) is 0.571. The molecule has 0 bridgehead atoms. The van der Waals surface area contributed by atoms with Gasteiger partial charge in [0.25, 0.3) is 5.91 Å². The van der Waals surface area contributed by atoms with Crippen molar-refractivity contribution in [2.24, 2.45) is 0 Å². The van der Waals surface area contributed by atoms with Crippen molar-refractivity contribution >= 4 is 11.6 Å². The summed E-state index contributed by atoms with van der Waals surface area (Å²) in [6.07, 6.45) is 2.63. The van der Waals surface area contributed by atoms with Gasteiger partial charge in [-0.2, -0.15) is 0 Å². The average Bonchev–Trinajstić information content (AvgIpc) is 2.43. The molecule has 0 aliphatic heterocycles. The molecule has 0 saturated carbocycles. The van der Waals surface area contributed by atoms with Crippen molar-refractivity contribution in [3.8, 4) is 0 Å². The van der Waals surface area contributed by atoms with Gasteiger partial charge in [0.1, 0.15) is 5.69 Å². The number of aliphatic hydroxyl groups excluding tert-OH is 1. The topological polar surface area (TPSA) is 65.5 Å². The first-order chi connectivity index (χ1) is 8.92. The number of likely N-dealkylation sites (N-methyl/N-ethyl adjacent to an activating group) is 1. The van der Waals surface area contributed by atoms with Gasteiger partial charge >= 0.3 is 0 Å². The van der Waals surface area contributed by atoms with Gasteiger partial charge in [0.05, 0.1) is 12.1 Å². The molecule has 1 aromatic heterocycles. The van der Waals surface area contributed by atoms with Crippen molar-refractivity contribution in [1.29, 1.82) is 0 Å². The quantitative estimate of drug-likeness (QED) is 0.822. The highest BCUT2D eigenvalue weighted by atomic mass is 16.3. The Morgan fingerprint density at radius 2 is 2.21 bits per heavy atom. The van der Waals surface area contributed by atoms with Gasteiger partial charge in [0.2, 0.25) is 0 Å². The second-order valence-electron chi connectivity index (χ2n) is 5.19. The van der Waals surface area contributed by atoms with Crippen LogP contribution in [0.1, 0.15) is 37.7 Å². The van der Waals surface area contributed by atoms with Gasteiger partial charge in [0.15, 0.2) is 0 Å². The Balaban J connectivity index is 2.88. The zero-order valence-corrected chi connectivity index (χ0v) is 12.1. The van der Waals surface area contributed by atoms with E-state index in [4.69, 9.17) is 0 Å². The molecule has 5 heteroatoms. The van der Waals surface area contributed by atoms with Crippen LogP contribution in [0.5, 0.6) is 0 Å². The summed E-state index contributed by atoms with van der Waals surface area (Å²) in [6.45, 7) is 6.46. The number of carbonyl (C=O) groups excluding carboxylic acids is 1. The van der Waals surface area contributed by atoms with Gasteiger partial charge in [-0.1, -0.05) is 6.92 Å². The minimum absolute atomic E-state index is 0.0942. The molecule has 1 heterocycles. The number of hydrogen-bond donors (Lipinski definition) is 2. The van der Waals surface area contributed by atoms with Crippen LogP contribution >= 0.6 is 0 Å². The summed E-state index contributed by atoms with van der Waals surface area (Å²) in [6, 6.07) is 3.57. The molecule has 0 aromatic carbocycles. The zero-order valence-electron chi connectivity index (χ0n) is 12.1. The van der Waals surface area contributed by atoms with Crippen molar-refractivity contribution in [2.75, 3.05) is 25.5 Å². The highest BCUT2D eigenvalue weighted by molar-refractivity contribution is 5.93. The van der Waals surface area contributed by atoms with Crippen LogP contribution in [0.2, 0.25) is 0 Å². The molecule has 1 aromatic rings. The van der Waals surface area contributed by atoms with Crippen LogP contribution in [-0.4, -0.2) is 46.6 Å². The van der Waals surface area contributed by atoms with E-state index in [2.05, 4.69) is 17.2 Å². The molecule has 0 fully saturated rings. The molecule has 1 rings (SSSR count). The Morgan fingerprint density at radius 3 is 2.79 bits per heavy atom. The Hall–Kier alpha value is -1.62. The van der Waals surface area contributed by atoms with Crippen LogP contribution in [0.15, 0.2) is 18.3 Å². The monoisotopic (exact) mass is 265 g/mol. The number of nitrogens with zero attached hydrogens (tertiary/aromatic N) is 2. The van der Waals surface area contributed by atoms with E-state index in [1.165, 1.54) is 4.90 Å². The fourth-order valence-corrected chi connectivity index (χ4v) is 1.48. The maximum Gasteiger partial charge on any atom is 0.272 e. The lowest BCUT2D eigenvalue weighted by Crippen LogP contribution is -2.47. The summed E-state index contributed by atoms with van der Waals surface area (Å²) in [7, 11) is 1.67. The number of rotatable bonds is 6. The van der Waals surface area contributed by atoms with E-state index in [1.807, 2.05) is 19.9 Å². The number of amides is 1. The molecule has 5 nitrogen and oxygen atoms in total. The molecule has 2 N–H and O–H groups in total. The molecular weight excluding hydrogens is 242 g/mol. The number of carbonyl (C=O) groups is 1. The van der Waals surface area contributed by atoms with Gasteiger partial charge < -0.3 is 15.3 Å². The van der Waals surface area contributed by atoms with Crippen molar-refractivity contribution in [2.45, 2.75) is 32.7 Å². The molecule has 106 valence electrons. The molecule has 0 aliphatic carbocycles. The number of anilines is 1. The molecule has 0 unspecified atom stereocenters. The summed E-state index contributed by atoms with van der Waals surface area (Å²) in [5, 5.41) is 12.5. The van der Waals surface area contributed by atoms with Crippen LogP contribution in [0.25, 0.3) is 0 Å². The smallest absolute Gasteiger partial charge is 0.272 e. The second-order valence-corrected chi connectivity index (χ2v) is 5.19. The molecule has 1 amide bonds. The second kappa shape index (κ2) is 6.52. The highest BCUT2D eigenvalue weighted by Gasteiger charge is 2.28. The predicted octanol–water partition coefficient (Wildman–Crippen LogP) is 1.75. The molecule has 19 heavy (non-hydrogen) atoms. The molecule has 0 atom stereocenters. The van der Waals surface area contributed by atoms with Gasteiger partial charge in [0, 0.05) is 25.5 Å². The maximum atomic E-state index is 12.3. The van der Waals surface area contributed by atoms with Gasteiger partial charge in [-0.15, -0.1) is 0 Å². The Labute approximate surface area is 114 Å². The minimum Gasteiger partial charge on any atom is -0.394 e. The Morgan fingerprint density at radius 1 is 1.53 bits per heavy atom. The SMILES string of the molecule is CCCNc1ccnc(C(=O)N(C)C(C)(C)CO)c1. The summed E-state index contributed by atoms with van der Waals surface area (Å²) in [5.41, 5.74) is 0.659. The first-order valence-corrected chi connectivity index (χ1v) is 6.51. The van der Waals surface area contributed by atoms with E-state index in [-0.39, 0.29) is 12.5 Å². The van der Waals surface area contributed by atoms with Crippen molar-refractivity contribution in [1.82, 2.24) is 9.88 Å². The van der Waals surface area contributed by atoms with Crippen molar-refractivity contribution in [3.63, 3.8) is 0 Å². The van der Waals surface area contributed by atoms with Gasteiger partial charge in [-0.25, -0.2) is 0 Å². The first kappa shape index (κ1) is 15.4. The predicted molar refractivity (Wildman–Crippen MR) is 76.3 cm³/mol. The van der Waals surface area contributed by atoms with E-state index in [9.17, 15) is 9.90 Å². The third kappa shape index (κ3) is 3.92. The summed E-state index contributed by atoms with van der Waals surface area (Å²) in [5.74, 6) is -0.195. The lowest BCUT2D eigenvalue weighted by Gasteiger charge is -2.33. The molecule has 0 spiro atoms. The summed E-state index contributed by atoms with van der Waals surface area (Å²) >= 11 is 0. The number of aliphatic hydroxyl groups is 1. The van der Waals surface area contributed by atoms with Crippen LogP contribution in [0, 0.1) is 0 Å². The number of pyridine rings is 1. The third-order valence-electron chi connectivity index (χ3n) is 3.16. The van der Waals surface area contributed by atoms with E-state index in [0.717, 1.165) is 18.7 Å². The van der Waals surface area contributed by atoms with Crippen molar-refractivity contribution < 1.29 is 9.90 Å². The molecule has 0 aliphatic rings. The zero-order chi connectivity index (χ0) is 14.5. The average molecular weight is 265 g/mol. The Kier molecular flexibility index (Phi) is 5.30. The number of aromatic nitrogens is 1. The first-order valence-electron chi connectivity index (χ1n) is 6.51. The van der Waals surface area contributed by atoms with Gasteiger partial charge in [-0.05, 0) is 32.4 Å². The lowest BCUT2D eigenvalue weighted by atomic mass is 10.0. The van der Waals surface area contributed by atoms with E-state index in [1.54, 1.807) is 19.3 Å². The largest absolute Gasteiger partial charge is 0.394 e. The third-order valence-corrected chi connectivity index (χ3v) is 3.16. The molecule has 0 saturated heterocycles. The minimum atomic E-state index is -0.606. The number of nitrogens with one attached hydrogen (secondary N) is 1. The van der Waals surface area contributed by atoms with E-state index < -0.39 is 5.54 Å². The lowest BCUT2D eigenvalue weighted by molar-refractivity contribution is 0.0468.